The summed E-state index contributed by atoms with van der Waals surface area (Å²) < 4.78 is 49.4. The fourth-order valence-electron chi connectivity index (χ4n) is 16.3. The summed E-state index contributed by atoms with van der Waals surface area (Å²) in [5, 5.41) is 119. The number of allylic oxidation sites excluding steroid dienone is 4. The molecule has 7 fully saturated rings. The lowest BCUT2D eigenvalue weighted by atomic mass is 9.33. The molecule has 11 N–H and O–H groups in total. The Morgan fingerprint density at radius 2 is 1.29 bits per heavy atom. The molecule has 5 aliphatic carbocycles. The maximum Gasteiger partial charge on any atom is 0.207 e. The fourth-order valence-corrected chi connectivity index (χ4v) is 16.3. The van der Waals surface area contributed by atoms with E-state index in [0.29, 0.717) is 32.1 Å². The fraction of sp³-hybridized carbons (Fsp3) is 0.889. The van der Waals surface area contributed by atoms with Crippen LogP contribution in [-0.2, 0) is 47.5 Å². The van der Waals surface area contributed by atoms with Crippen molar-refractivity contribution < 1.29 is 104 Å². The second kappa shape index (κ2) is 20.7. The number of carbonyl (C=O) groups excluding carboxylic acids is 2. The molecule has 9 aliphatic rings. The van der Waals surface area contributed by atoms with Gasteiger partial charge in [0.1, 0.15) is 79.2 Å². The van der Waals surface area contributed by atoms with E-state index in [-0.39, 0.29) is 58.2 Å². The molecular weight excluding hydrogens is 985 g/mol. The van der Waals surface area contributed by atoms with Gasteiger partial charge in [0, 0.05) is 5.41 Å². The Balaban J connectivity index is 0.979. The van der Waals surface area contributed by atoms with Gasteiger partial charge in [0.25, 0.3) is 0 Å². The number of Topliss-reactive ketones (excluding diaryl/α,β-unsaturated/α-hetero) is 1. The first-order valence-electron chi connectivity index (χ1n) is 27.1. The van der Waals surface area contributed by atoms with Crippen LogP contribution in [0, 0.1) is 50.2 Å². The van der Waals surface area contributed by atoms with Gasteiger partial charge in [-0.15, -0.1) is 0 Å². The monoisotopic (exact) mass is 1070 g/mol. The van der Waals surface area contributed by atoms with E-state index >= 15 is 0 Å². The molecule has 21 nitrogen and oxygen atoms in total. The average molecular weight is 1070 g/mol. The molecule has 0 aromatic rings. The third-order valence-electron chi connectivity index (χ3n) is 20.9. The summed E-state index contributed by atoms with van der Waals surface area (Å²) in [6.45, 7) is 14.6. The molecule has 4 saturated carbocycles. The second-order valence-electron chi connectivity index (χ2n) is 25.5. The molecule has 75 heavy (non-hydrogen) atoms. The standard InChI is InChI=1S/C54H84O21/c1-24-36(60)28(59)17-35(68-24)72-34-19-49(3,4)18-27-26-9-10-32-50(5)13-12-33(51(6,22-57)31(50)11-14-53(32,8)52(26,7)15-16-54(27,34)23-58)73-47-44(41(65)38(62)29(20-55)70-47)75-48-45(42(66)39(63)30(21-56)71-48)74-46-43(67)40(64)37(61)25(2)69-46/h9,23,25,27,29-35,37-48,55-57,60-67H,10-22H2,1-8H3. The van der Waals surface area contributed by atoms with Gasteiger partial charge in [-0.25, -0.2) is 0 Å². The van der Waals surface area contributed by atoms with Crippen molar-refractivity contribution in [1.82, 2.24) is 0 Å². The van der Waals surface area contributed by atoms with E-state index in [0.717, 1.165) is 32.0 Å². The molecule has 0 spiro atoms. The summed E-state index contributed by atoms with van der Waals surface area (Å²) in [7, 11) is 0. The Morgan fingerprint density at radius 3 is 1.88 bits per heavy atom. The summed E-state index contributed by atoms with van der Waals surface area (Å²) >= 11 is 0. The highest BCUT2D eigenvalue weighted by atomic mass is 16.8. The number of carbonyl (C=O) groups is 2. The number of aliphatic hydroxyl groups is 11. The SMILES string of the molecule is CC1=C(O)C(=O)CC(OC2CC(C)(C)CC3C4=CCC5C6(C)CCC(OC7OC(CO)C(O)C(O)C7OC7OC(CO)C(O)C(O)C7OC7OC(C)C(O)C(O)C7O)C(C)(CO)C6CCC5(C)C4(C)CCC23C=O)O1. The van der Waals surface area contributed by atoms with Crippen LogP contribution in [0.4, 0.5) is 0 Å². The van der Waals surface area contributed by atoms with Crippen molar-refractivity contribution >= 4 is 12.1 Å². The maximum atomic E-state index is 13.8. The minimum absolute atomic E-state index is 0.102. The van der Waals surface area contributed by atoms with Crippen molar-refractivity contribution in [3.8, 4) is 0 Å². The Labute approximate surface area is 438 Å². The summed E-state index contributed by atoms with van der Waals surface area (Å²) in [5.74, 6) is -0.878. The van der Waals surface area contributed by atoms with Crippen molar-refractivity contribution in [2.75, 3.05) is 19.8 Å². The molecule has 0 amide bonds. The molecule has 9 rings (SSSR count). The number of aliphatic hydroxyl groups excluding tert-OH is 11. The topological polar surface area (TPSA) is 331 Å². The Hall–Kier alpha value is -2.26. The van der Waals surface area contributed by atoms with Crippen molar-refractivity contribution in [2.45, 2.75) is 230 Å². The zero-order valence-corrected chi connectivity index (χ0v) is 44.5. The zero-order valence-electron chi connectivity index (χ0n) is 44.5. The van der Waals surface area contributed by atoms with Crippen molar-refractivity contribution in [3.05, 3.63) is 23.2 Å². The molecule has 4 heterocycles. The van der Waals surface area contributed by atoms with E-state index < -0.39 is 146 Å². The second-order valence-corrected chi connectivity index (χ2v) is 25.5. The largest absolute Gasteiger partial charge is 0.502 e. The first-order valence-corrected chi connectivity index (χ1v) is 27.1. The molecule has 0 radical (unpaired) electrons. The summed E-state index contributed by atoms with van der Waals surface area (Å²) in [5.41, 5.74) is -1.64. The third-order valence-corrected chi connectivity index (χ3v) is 20.9. The van der Waals surface area contributed by atoms with Crippen molar-refractivity contribution in [3.63, 3.8) is 0 Å². The van der Waals surface area contributed by atoms with Crippen LogP contribution < -0.4 is 0 Å². The van der Waals surface area contributed by atoms with Gasteiger partial charge in [-0.1, -0.05) is 53.2 Å². The van der Waals surface area contributed by atoms with Crippen LogP contribution in [0.3, 0.4) is 0 Å². The quantitative estimate of drug-likeness (QED) is 0.0735. The number of rotatable bonds is 12. The minimum atomic E-state index is -1.89. The molecule has 0 aromatic carbocycles. The lowest BCUT2D eigenvalue weighted by Gasteiger charge is -2.71. The number of aldehydes is 1. The number of hydrogen-bond acceptors (Lipinski definition) is 21. The molecule has 0 bridgehead atoms. The van der Waals surface area contributed by atoms with E-state index in [9.17, 15) is 65.8 Å². The normalized spacial score (nSPS) is 52.9. The summed E-state index contributed by atoms with van der Waals surface area (Å²) in [6.07, 6.45) is -17.6. The van der Waals surface area contributed by atoms with Crippen LogP contribution in [-0.4, -0.2) is 199 Å². The number of ether oxygens (including phenoxy) is 8. The smallest absolute Gasteiger partial charge is 0.207 e. The van der Waals surface area contributed by atoms with Crippen molar-refractivity contribution in [1.29, 1.82) is 0 Å². The molecule has 0 aromatic heterocycles. The van der Waals surface area contributed by atoms with Gasteiger partial charge in [-0.05, 0) is 111 Å². The Kier molecular flexibility index (Phi) is 15.8. The lowest BCUT2D eigenvalue weighted by Crippen LogP contribution is -2.68. The first kappa shape index (κ1) is 57.4. The van der Waals surface area contributed by atoms with Gasteiger partial charge in [-0.3, -0.25) is 4.79 Å². The van der Waals surface area contributed by atoms with E-state index in [1.54, 1.807) is 0 Å². The number of ketones is 1. The lowest BCUT2D eigenvalue weighted by molar-refractivity contribution is -0.398. The van der Waals surface area contributed by atoms with Crippen molar-refractivity contribution in [2.24, 2.45) is 50.2 Å². The van der Waals surface area contributed by atoms with Gasteiger partial charge in [0.15, 0.2) is 24.6 Å². The maximum absolute atomic E-state index is 13.8. The van der Waals surface area contributed by atoms with Gasteiger partial charge >= 0.3 is 0 Å². The summed E-state index contributed by atoms with van der Waals surface area (Å²) in [4.78, 5) is 26.5. The first-order chi connectivity index (χ1) is 35.2. The predicted octanol–water partition coefficient (Wildman–Crippen LogP) is 0.921. The molecule has 26 unspecified atom stereocenters. The molecule has 426 valence electrons. The van der Waals surface area contributed by atoms with E-state index in [1.807, 2.05) is 6.92 Å². The van der Waals surface area contributed by atoms with E-state index in [1.165, 1.54) is 19.4 Å². The zero-order chi connectivity index (χ0) is 54.7. The number of hydrogen-bond donors (Lipinski definition) is 11. The van der Waals surface area contributed by atoms with Gasteiger partial charge in [0.05, 0.1) is 50.0 Å². The van der Waals surface area contributed by atoms with Gasteiger partial charge < -0.3 is 98.9 Å². The van der Waals surface area contributed by atoms with Crippen LogP contribution in [0.2, 0.25) is 0 Å². The molecule has 21 heteroatoms. The Morgan fingerprint density at radius 1 is 0.680 bits per heavy atom. The highest BCUT2D eigenvalue weighted by molar-refractivity contribution is 5.94. The van der Waals surface area contributed by atoms with Gasteiger partial charge in [0.2, 0.25) is 12.1 Å². The van der Waals surface area contributed by atoms with Gasteiger partial charge in [-0.2, -0.15) is 0 Å². The van der Waals surface area contributed by atoms with Crippen LogP contribution in [0.1, 0.15) is 120 Å². The highest BCUT2D eigenvalue weighted by Crippen LogP contribution is 2.76. The molecule has 4 aliphatic heterocycles. The van der Waals surface area contributed by atoms with E-state index in [4.69, 9.17) is 37.9 Å². The predicted molar refractivity (Wildman–Crippen MR) is 259 cm³/mol. The highest BCUT2D eigenvalue weighted by Gasteiger charge is 2.71. The van der Waals surface area contributed by atoms with Crippen LogP contribution in [0.5, 0.6) is 0 Å². The summed E-state index contributed by atoms with van der Waals surface area (Å²) in [6, 6.07) is 0. The Bertz CT molecular complexity index is 2170. The third kappa shape index (κ3) is 9.20. The van der Waals surface area contributed by atoms with Crippen LogP contribution >= 0.6 is 0 Å². The minimum Gasteiger partial charge on any atom is -0.502 e. The molecule has 26 atom stereocenters. The molecular formula is C54H84O21. The van der Waals surface area contributed by atoms with Crippen LogP contribution in [0.15, 0.2) is 23.2 Å². The number of fused-ring (bicyclic) bond motifs is 7. The van der Waals surface area contributed by atoms with Crippen LogP contribution in [0.25, 0.3) is 0 Å². The molecule has 3 saturated heterocycles. The van der Waals surface area contributed by atoms with E-state index in [2.05, 4.69) is 40.7 Å². The average Bonchev–Trinajstić information content (AvgIpc) is 3.36.